The molecule has 1 saturated carbocycles. The highest BCUT2D eigenvalue weighted by molar-refractivity contribution is 7.00. The average molecular weight is 964 g/mol. The van der Waals surface area contributed by atoms with Crippen molar-refractivity contribution in [3.05, 3.63) is 197 Å². The van der Waals surface area contributed by atoms with Gasteiger partial charge in [-0.05, 0) is 183 Å². The van der Waals surface area contributed by atoms with Crippen LogP contribution in [0.2, 0.25) is 0 Å². The van der Waals surface area contributed by atoms with Crippen molar-refractivity contribution in [2.45, 2.75) is 130 Å². The summed E-state index contributed by atoms with van der Waals surface area (Å²) in [6, 6.07) is 64.6. The Kier molecular flexibility index (Phi) is 9.83. The minimum atomic E-state index is -0.125. The molecular weight excluding hydrogens is 894 g/mol. The molecule has 368 valence electrons. The largest absolute Gasteiger partial charge is 0.334 e. The highest BCUT2D eigenvalue weighted by atomic mass is 15.3. The smallest absolute Gasteiger partial charge is 0.252 e. The van der Waals surface area contributed by atoms with E-state index in [1.165, 1.54) is 137 Å². The molecule has 8 aromatic carbocycles. The van der Waals surface area contributed by atoms with Gasteiger partial charge in [0.05, 0.1) is 11.2 Å². The number of benzene rings is 8. The summed E-state index contributed by atoms with van der Waals surface area (Å²) < 4.78 is 0. The van der Waals surface area contributed by atoms with E-state index >= 15 is 0 Å². The van der Waals surface area contributed by atoms with Crippen LogP contribution in [-0.2, 0) is 36.5 Å². The summed E-state index contributed by atoms with van der Waals surface area (Å²) >= 11 is 0. The van der Waals surface area contributed by atoms with Gasteiger partial charge in [-0.2, -0.15) is 0 Å². The molecule has 0 amide bonds. The minimum Gasteiger partial charge on any atom is -0.334 e. The molecule has 3 aliphatic heterocycles. The molecule has 3 nitrogen and oxygen atoms in total. The topological polar surface area (TPSA) is 9.72 Å². The van der Waals surface area contributed by atoms with Gasteiger partial charge in [-0.3, -0.25) is 0 Å². The Balaban J connectivity index is 1.13. The molecule has 1 fully saturated rings. The van der Waals surface area contributed by atoms with Crippen molar-refractivity contribution >= 4 is 68.6 Å². The molecule has 0 radical (unpaired) electrons. The molecule has 2 atom stereocenters. The summed E-state index contributed by atoms with van der Waals surface area (Å²) in [5.74, 6) is 0. The van der Waals surface area contributed by atoms with E-state index in [2.05, 4.69) is 241 Å². The van der Waals surface area contributed by atoms with Crippen LogP contribution in [0.1, 0.15) is 121 Å². The van der Waals surface area contributed by atoms with E-state index in [1.54, 1.807) is 0 Å². The van der Waals surface area contributed by atoms with Gasteiger partial charge in [0.25, 0.3) is 6.71 Å². The maximum atomic E-state index is 2.83. The maximum Gasteiger partial charge on any atom is 0.252 e. The van der Waals surface area contributed by atoms with Gasteiger partial charge in [0.15, 0.2) is 0 Å². The van der Waals surface area contributed by atoms with Crippen LogP contribution in [0.4, 0.5) is 45.5 Å². The van der Waals surface area contributed by atoms with Crippen LogP contribution in [-0.4, -0.2) is 12.3 Å². The third kappa shape index (κ3) is 6.78. The minimum absolute atomic E-state index is 0.00405. The van der Waals surface area contributed by atoms with Crippen molar-refractivity contribution in [1.29, 1.82) is 0 Å². The molecule has 74 heavy (non-hydrogen) atoms. The van der Waals surface area contributed by atoms with Gasteiger partial charge in [-0.15, -0.1) is 0 Å². The molecule has 0 bridgehead atoms. The summed E-state index contributed by atoms with van der Waals surface area (Å²) in [5, 5.41) is 0. The van der Waals surface area contributed by atoms with E-state index in [4.69, 9.17) is 0 Å². The Bertz CT molecular complexity index is 3620. The Morgan fingerprint density at radius 3 is 1.78 bits per heavy atom. The fourth-order valence-corrected chi connectivity index (χ4v) is 15.3. The van der Waals surface area contributed by atoms with Crippen LogP contribution in [0.15, 0.2) is 164 Å². The molecular formula is C70H70BN3. The summed E-state index contributed by atoms with van der Waals surface area (Å²) in [5.41, 5.74) is 28.5. The molecule has 3 aliphatic carbocycles. The zero-order valence-corrected chi connectivity index (χ0v) is 45.2. The Labute approximate surface area is 441 Å². The summed E-state index contributed by atoms with van der Waals surface area (Å²) in [4.78, 5) is 8.27. The number of nitrogens with zero attached hydrogens (tertiary/aromatic N) is 3. The van der Waals surface area contributed by atoms with Gasteiger partial charge in [0.2, 0.25) is 0 Å². The van der Waals surface area contributed by atoms with Gasteiger partial charge in [-0.1, -0.05) is 177 Å². The first-order valence-electron chi connectivity index (χ1n) is 27.8. The molecule has 8 aromatic rings. The predicted octanol–water partition coefficient (Wildman–Crippen LogP) is 16.4. The van der Waals surface area contributed by atoms with Crippen LogP contribution in [0.3, 0.4) is 0 Å². The molecule has 0 spiro atoms. The lowest BCUT2D eigenvalue weighted by atomic mass is 9.33. The summed E-state index contributed by atoms with van der Waals surface area (Å²) in [7, 11) is 0. The van der Waals surface area contributed by atoms with E-state index in [0.29, 0.717) is 0 Å². The number of hydrogen-bond acceptors (Lipinski definition) is 3. The van der Waals surface area contributed by atoms with Crippen LogP contribution < -0.4 is 31.1 Å². The van der Waals surface area contributed by atoms with Crippen molar-refractivity contribution in [2.24, 2.45) is 10.8 Å². The number of rotatable bonds is 5. The van der Waals surface area contributed by atoms with E-state index in [1.807, 2.05) is 0 Å². The lowest BCUT2D eigenvalue weighted by Gasteiger charge is -2.51. The van der Waals surface area contributed by atoms with E-state index in [-0.39, 0.29) is 33.9 Å². The van der Waals surface area contributed by atoms with Gasteiger partial charge in [-0.25, -0.2) is 0 Å². The Hall–Kier alpha value is -6.78. The lowest BCUT2D eigenvalue weighted by Crippen LogP contribution is -2.61. The highest BCUT2D eigenvalue weighted by Crippen LogP contribution is 2.62. The summed E-state index contributed by atoms with van der Waals surface area (Å²) in [6.45, 7) is 22.0. The van der Waals surface area contributed by atoms with Crippen LogP contribution in [0.25, 0.3) is 22.3 Å². The maximum absolute atomic E-state index is 2.83. The van der Waals surface area contributed by atoms with Crippen LogP contribution >= 0.6 is 0 Å². The van der Waals surface area contributed by atoms with Crippen molar-refractivity contribution in [1.82, 2.24) is 0 Å². The standard InChI is InChI=1S/C70H70BN3/c1-66(2,3)52-28-31-59(55(38-52)46-22-14-11-15-23-46)73-61-36-47(45-20-12-10-13-21-45)27-30-57(61)71-58-35-50-43-68(6,7)44-51(50)37-62(58)72(53-29-26-48-41-67(4,5)42-49(48)34-53)63-39-54(40-64(73)65(63)71)74-60-25-17-16-24-56(60)69(8)32-18-19-33-70(69,74)9/h10-17,20-31,34-40H,18-19,32-33,41-44H2,1-9H3. The quantitative estimate of drug-likeness (QED) is 0.159. The highest BCUT2D eigenvalue weighted by Gasteiger charge is 2.58. The molecule has 2 unspecified atom stereocenters. The number of hydrogen-bond donors (Lipinski definition) is 0. The van der Waals surface area contributed by atoms with Crippen molar-refractivity contribution in [3.8, 4) is 22.3 Å². The van der Waals surface area contributed by atoms with Crippen molar-refractivity contribution < 1.29 is 0 Å². The first-order valence-corrected chi connectivity index (χ1v) is 27.8. The van der Waals surface area contributed by atoms with E-state index in [0.717, 1.165) is 32.1 Å². The molecule has 0 N–H and O–H groups in total. The zero-order chi connectivity index (χ0) is 50.7. The first kappa shape index (κ1) is 45.8. The molecule has 3 heterocycles. The van der Waals surface area contributed by atoms with E-state index in [9.17, 15) is 0 Å². The third-order valence-electron chi connectivity index (χ3n) is 19.1. The second-order valence-corrected chi connectivity index (χ2v) is 26.3. The Morgan fingerprint density at radius 2 is 1.05 bits per heavy atom. The number of fused-ring (bicyclic) bond motifs is 9. The van der Waals surface area contributed by atoms with Gasteiger partial charge in [0, 0.05) is 50.8 Å². The lowest BCUT2D eigenvalue weighted by molar-refractivity contribution is 0.195. The second kappa shape index (κ2) is 15.9. The molecule has 0 aromatic heterocycles. The molecule has 0 saturated heterocycles. The van der Waals surface area contributed by atoms with Gasteiger partial charge in [0.1, 0.15) is 0 Å². The SMILES string of the molecule is CC1(C)Cc2ccc(N3c4cc5c(cc4B4c6ccc(-c7ccccc7)cc6N(c6ccc(C(C)(C)C)cc6-c6ccccc6)c6cc(N7c8ccccc8C8(C)CCCCC78C)cc3c64)CC(C)(C)C5)cc2C1. The van der Waals surface area contributed by atoms with Crippen molar-refractivity contribution in [3.63, 3.8) is 0 Å². The molecule has 6 aliphatic rings. The molecule has 4 heteroatoms. The zero-order valence-electron chi connectivity index (χ0n) is 45.2. The van der Waals surface area contributed by atoms with Crippen LogP contribution in [0, 0.1) is 10.8 Å². The number of anilines is 8. The average Bonchev–Trinajstić information content (AvgIpc) is 3.95. The van der Waals surface area contributed by atoms with Crippen LogP contribution in [0.5, 0.6) is 0 Å². The normalized spacial score (nSPS) is 21.4. The monoisotopic (exact) mass is 964 g/mol. The predicted molar refractivity (Wildman–Crippen MR) is 315 cm³/mol. The molecule has 14 rings (SSSR count). The second-order valence-electron chi connectivity index (χ2n) is 26.3. The van der Waals surface area contributed by atoms with Crippen molar-refractivity contribution in [2.75, 3.05) is 14.7 Å². The van der Waals surface area contributed by atoms with E-state index < -0.39 is 0 Å². The summed E-state index contributed by atoms with van der Waals surface area (Å²) in [6.07, 6.45) is 9.20. The fourth-order valence-electron chi connectivity index (χ4n) is 15.3. The third-order valence-corrected chi connectivity index (χ3v) is 19.1. The van der Waals surface area contributed by atoms with Gasteiger partial charge >= 0.3 is 0 Å². The first-order chi connectivity index (χ1) is 35.5. The fraction of sp³-hybridized carbons (Fsp3) is 0.314. The van der Waals surface area contributed by atoms with Gasteiger partial charge < -0.3 is 14.7 Å². The number of para-hydroxylation sites is 1. The Morgan fingerprint density at radius 1 is 0.432 bits per heavy atom.